The first-order valence-electron chi connectivity index (χ1n) is 7.36. The molecule has 0 saturated carbocycles. The second-order valence-corrected chi connectivity index (χ2v) is 5.45. The van der Waals surface area contributed by atoms with Gasteiger partial charge >= 0.3 is 0 Å². The molecule has 0 amide bonds. The quantitative estimate of drug-likeness (QED) is 0.700. The predicted molar refractivity (Wildman–Crippen MR) is 85.7 cm³/mol. The van der Waals surface area contributed by atoms with Crippen LogP contribution in [0.25, 0.3) is 0 Å². The minimum atomic E-state index is 1.05. The van der Waals surface area contributed by atoms with Gasteiger partial charge < -0.3 is 0 Å². The molecule has 3 rings (SSSR count). The van der Waals surface area contributed by atoms with E-state index in [1.807, 2.05) is 0 Å². The van der Waals surface area contributed by atoms with Crippen LogP contribution in [0.5, 0.6) is 0 Å². The van der Waals surface area contributed by atoms with Crippen LogP contribution in [0.15, 0.2) is 84.0 Å². The van der Waals surface area contributed by atoms with Gasteiger partial charge in [-0.25, -0.2) is 0 Å². The molecule has 20 heavy (non-hydrogen) atoms. The first kappa shape index (κ1) is 12.9. The number of hydrogen-bond acceptors (Lipinski definition) is 0. The van der Waals surface area contributed by atoms with Crippen molar-refractivity contribution in [3.63, 3.8) is 0 Å². The normalized spacial score (nSPS) is 13.3. The third kappa shape index (κ3) is 3.48. The molecule has 0 heteroatoms. The highest BCUT2D eigenvalue weighted by Gasteiger charge is 2.07. The predicted octanol–water partition coefficient (Wildman–Crippen LogP) is 5.12. The molecule has 0 aliphatic heterocycles. The van der Waals surface area contributed by atoms with Crippen molar-refractivity contribution in [2.75, 3.05) is 0 Å². The van der Waals surface area contributed by atoms with Crippen molar-refractivity contribution in [1.29, 1.82) is 0 Å². The zero-order valence-electron chi connectivity index (χ0n) is 11.8. The van der Waals surface area contributed by atoms with Crippen LogP contribution < -0.4 is 0 Å². The maximum Gasteiger partial charge on any atom is -0.00606 e. The lowest BCUT2D eigenvalue weighted by Crippen LogP contribution is -1.99. The van der Waals surface area contributed by atoms with Crippen molar-refractivity contribution in [2.45, 2.75) is 25.7 Å². The van der Waals surface area contributed by atoms with Crippen molar-refractivity contribution >= 4 is 0 Å². The Kier molecular flexibility index (Phi) is 4.13. The Morgan fingerprint density at radius 2 is 1.30 bits per heavy atom. The first-order valence-corrected chi connectivity index (χ1v) is 7.36. The van der Waals surface area contributed by atoms with Crippen LogP contribution in [0.2, 0.25) is 0 Å². The second kappa shape index (κ2) is 6.38. The van der Waals surface area contributed by atoms with Crippen LogP contribution in [-0.2, 0) is 12.8 Å². The maximum atomic E-state index is 2.41. The van der Waals surface area contributed by atoms with Gasteiger partial charge in [0, 0.05) is 0 Å². The largest absolute Gasteiger partial charge is 0.0810 e. The summed E-state index contributed by atoms with van der Waals surface area (Å²) >= 11 is 0. The van der Waals surface area contributed by atoms with Crippen molar-refractivity contribution in [3.8, 4) is 0 Å². The van der Waals surface area contributed by atoms with Gasteiger partial charge in [0.05, 0.1) is 0 Å². The van der Waals surface area contributed by atoms with Crippen molar-refractivity contribution in [1.82, 2.24) is 0 Å². The van der Waals surface area contributed by atoms with Gasteiger partial charge in [-0.3, -0.25) is 0 Å². The molecule has 0 bridgehead atoms. The average Bonchev–Trinajstić information content (AvgIpc) is 2.45. The minimum Gasteiger partial charge on any atom is -0.0810 e. The zero-order chi connectivity index (χ0) is 13.6. The molecule has 100 valence electrons. The standard InChI is InChI=1S/C20H20/c1-3-8-17(9-4-1)14-20(16-19-12-7-13-19)15-18-10-5-2-6-11-18/h1-6,8-12,16H,7,13-15H2. The molecule has 0 atom stereocenters. The molecule has 0 nitrogen and oxygen atoms in total. The fourth-order valence-electron chi connectivity index (χ4n) is 2.58. The second-order valence-electron chi connectivity index (χ2n) is 5.45. The molecule has 0 heterocycles. The summed E-state index contributed by atoms with van der Waals surface area (Å²) in [5, 5.41) is 0. The van der Waals surface area contributed by atoms with Crippen LogP contribution in [0.4, 0.5) is 0 Å². The molecule has 0 unspecified atom stereocenters. The van der Waals surface area contributed by atoms with Crippen molar-refractivity contribution in [2.24, 2.45) is 0 Å². The summed E-state index contributed by atoms with van der Waals surface area (Å²) < 4.78 is 0. The summed E-state index contributed by atoms with van der Waals surface area (Å²) in [6.45, 7) is 0. The van der Waals surface area contributed by atoms with Crippen molar-refractivity contribution < 1.29 is 0 Å². The SMILES string of the molecule is C1=C(C=C(Cc2ccccc2)Cc2ccccc2)CC1. The Morgan fingerprint density at radius 1 is 0.800 bits per heavy atom. The van der Waals surface area contributed by atoms with E-state index in [9.17, 15) is 0 Å². The number of hydrogen-bond donors (Lipinski definition) is 0. The highest BCUT2D eigenvalue weighted by molar-refractivity contribution is 5.35. The fraction of sp³-hybridized carbons (Fsp3) is 0.200. The smallest absolute Gasteiger partial charge is 0.00606 e. The Bertz CT molecular complexity index is 560. The van der Waals surface area contributed by atoms with E-state index in [-0.39, 0.29) is 0 Å². The van der Waals surface area contributed by atoms with Gasteiger partial charge in [-0.1, -0.05) is 84.0 Å². The Morgan fingerprint density at radius 3 is 1.70 bits per heavy atom. The summed E-state index contributed by atoms with van der Waals surface area (Å²) in [6.07, 6.45) is 9.34. The summed E-state index contributed by atoms with van der Waals surface area (Å²) in [6, 6.07) is 21.5. The van der Waals surface area contributed by atoms with Gasteiger partial charge in [0.2, 0.25) is 0 Å². The summed E-state index contributed by atoms with van der Waals surface area (Å²) in [5.41, 5.74) is 5.81. The van der Waals surface area contributed by atoms with Crippen LogP contribution >= 0.6 is 0 Å². The molecule has 0 aromatic heterocycles. The van der Waals surface area contributed by atoms with E-state index in [0.717, 1.165) is 12.8 Å². The van der Waals surface area contributed by atoms with Crippen molar-refractivity contribution in [3.05, 3.63) is 95.1 Å². The molecule has 1 aliphatic rings. The van der Waals surface area contributed by atoms with Crippen LogP contribution in [0.1, 0.15) is 24.0 Å². The number of benzene rings is 2. The van der Waals surface area contributed by atoms with Crippen LogP contribution in [-0.4, -0.2) is 0 Å². The summed E-state index contributed by atoms with van der Waals surface area (Å²) in [7, 11) is 0. The van der Waals surface area contributed by atoms with E-state index in [1.54, 1.807) is 0 Å². The van der Waals surface area contributed by atoms with Crippen LogP contribution in [0, 0.1) is 0 Å². The third-order valence-corrected chi connectivity index (χ3v) is 3.78. The molecule has 1 aliphatic carbocycles. The zero-order valence-corrected chi connectivity index (χ0v) is 11.8. The van der Waals surface area contributed by atoms with Gasteiger partial charge in [0.15, 0.2) is 0 Å². The highest BCUT2D eigenvalue weighted by atomic mass is 14.1. The fourth-order valence-corrected chi connectivity index (χ4v) is 2.58. The Labute approximate surface area is 121 Å². The van der Waals surface area contributed by atoms with Gasteiger partial charge in [-0.2, -0.15) is 0 Å². The average molecular weight is 260 g/mol. The maximum absolute atomic E-state index is 2.41. The van der Waals surface area contributed by atoms with E-state index in [1.165, 1.54) is 35.1 Å². The van der Waals surface area contributed by atoms with Gasteiger partial charge in [-0.15, -0.1) is 0 Å². The first-order chi connectivity index (χ1) is 9.90. The molecule has 2 aromatic carbocycles. The molecule has 0 N–H and O–H groups in total. The van der Waals surface area contributed by atoms with E-state index in [2.05, 4.69) is 72.8 Å². The number of rotatable bonds is 5. The third-order valence-electron chi connectivity index (χ3n) is 3.78. The van der Waals surface area contributed by atoms with E-state index in [0.29, 0.717) is 0 Å². The molecular weight excluding hydrogens is 240 g/mol. The molecular formula is C20H20. The van der Waals surface area contributed by atoms with E-state index in [4.69, 9.17) is 0 Å². The van der Waals surface area contributed by atoms with E-state index < -0.39 is 0 Å². The minimum absolute atomic E-state index is 1.05. The highest BCUT2D eigenvalue weighted by Crippen LogP contribution is 2.23. The summed E-state index contributed by atoms with van der Waals surface area (Å²) in [4.78, 5) is 0. The van der Waals surface area contributed by atoms with E-state index >= 15 is 0 Å². The lowest BCUT2D eigenvalue weighted by atomic mass is 9.91. The molecule has 0 spiro atoms. The lowest BCUT2D eigenvalue weighted by Gasteiger charge is -2.14. The van der Waals surface area contributed by atoms with Gasteiger partial charge in [0.1, 0.15) is 0 Å². The van der Waals surface area contributed by atoms with Gasteiger partial charge in [0.25, 0.3) is 0 Å². The molecule has 2 aromatic rings. The topological polar surface area (TPSA) is 0 Å². The summed E-state index contributed by atoms with van der Waals surface area (Å²) in [5.74, 6) is 0. The Balaban J connectivity index is 1.79. The lowest BCUT2D eigenvalue weighted by molar-refractivity contribution is 0.894. The van der Waals surface area contributed by atoms with Crippen LogP contribution in [0.3, 0.4) is 0 Å². The monoisotopic (exact) mass is 260 g/mol. The van der Waals surface area contributed by atoms with Gasteiger partial charge in [-0.05, 0) is 36.8 Å². The number of allylic oxidation sites excluding steroid dienone is 4. The molecule has 0 radical (unpaired) electrons. The molecule has 0 fully saturated rings. The molecule has 0 saturated heterocycles. The Hall–Kier alpha value is -2.08.